The highest BCUT2D eigenvalue weighted by atomic mass is 16.6. The van der Waals surface area contributed by atoms with Crippen LogP contribution in [0.3, 0.4) is 0 Å². The Balaban J connectivity index is 4.34. The summed E-state index contributed by atoms with van der Waals surface area (Å²) in [6.07, 6.45) is 99.1. The molecule has 0 aliphatic carbocycles. The molecule has 472 valence electrons. The maximum Gasteiger partial charge on any atom is 0.306 e. The molecule has 0 aromatic heterocycles. The van der Waals surface area contributed by atoms with Gasteiger partial charge in [0.2, 0.25) is 0 Å². The molecule has 0 spiro atoms. The minimum Gasteiger partial charge on any atom is -0.462 e. The molecule has 1 unspecified atom stereocenters. The van der Waals surface area contributed by atoms with E-state index in [4.69, 9.17) is 14.2 Å². The molecule has 0 fully saturated rings. The highest BCUT2D eigenvalue weighted by molar-refractivity contribution is 5.71. The predicted molar refractivity (Wildman–Crippen MR) is 362 cm³/mol. The first-order valence-corrected chi connectivity index (χ1v) is 34.7. The van der Waals surface area contributed by atoms with Crippen molar-refractivity contribution in [3.05, 3.63) is 134 Å². The van der Waals surface area contributed by atoms with Crippen molar-refractivity contribution >= 4 is 17.9 Å². The quantitative estimate of drug-likeness (QED) is 0.0261. The first kappa shape index (κ1) is 78.5. The topological polar surface area (TPSA) is 78.9 Å². The van der Waals surface area contributed by atoms with Crippen molar-refractivity contribution in [1.29, 1.82) is 0 Å². The van der Waals surface area contributed by atoms with Crippen molar-refractivity contribution in [2.45, 2.75) is 322 Å². The van der Waals surface area contributed by atoms with E-state index in [9.17, 15) is 14.4 Å². The normalized spacial score (nSPS) is 13.0. The van der Waals surface area contributed by atoms with E-state index in [1.165, 1.54) is 141 Å². The van der Waals surface area contributed by atoms with Crippen LogP contribution in [0.1, 0.15) is 316 Å². The van der Waals surface area contributed by atoms with Crippen LogP contribution >= 0.6 is 0 Å². The van der Waals surface area contributed by atoms with Gasteiger partial charge in [-0.2, -0.15) is 0 Å². The third-order valence-electron chi connectivity index (χ3n) is 14.6. The molecule has 0 aliphatic heterocycles. The lowest BCUT2D eigenvalue weighted by atomic mass is 10.0. The van der Waals surface area contributed by atoms with Gasteiger partial charge in [-0.05, 0) is 116 Å². The lowest BCUT2D eigenvalue weighted by Gasteiger charge is -2.18. The molecule has 0 saturated heterocycles. The molecule has 0 amide bonds. The zero-order valence-corrected chi connectivity index (χ0v) is 54.2. The third kappa shape index (κ3) is 68.2. The van der Waals surface area contributed by atoms with E-state index in [1.807, 2.05) is 0 Å². The minimum atomic E-state index is -0.802. The molecule has 0 saturated carbocycles. The lowest BCUT2D eigenvalue weighted by molar-refractivity contribution is -0.167. The average Bonchev–Trinajstić information content (AvgIpc) is 3.48. The highest BCUT2D eigenvalue weighted by Gasteiger charge is 2.19. The van der Waals surface area contributed by atoms with Gasteiger partial charge in [0.25, 0.3) is 0 Å². The second-order valence-corrected chi connectivity index (χ2v) is 22.7. The number of rotatable bonds is 62. The predicted octanol–water partition coefficient (Wildman–Crippen LogP) is 24.1. The fourth-order valence-corrected chi connectivity index (χ4v) is 9.45. The van der Waals surface area contributed by atoms with E-state index in [1.54, 1.807) is 0 Å². The third-order valence-corrected chi connectivity index (χ3v) is 14.6. The Labute approximate surface area is 513 Å². The number of unbranched alkanes of at least 4 members (excludes halogenated alkanes) is 29. The van der Waals surface area contributed by atoms with Gasteiger partial charge in [-0.25, -0.2) is 0 Å². The van der Waals surface area contributed by atoms with Crippen LogP contribution < -0.4 is 0 Å². The Kier molecular flexibility index (Phi) is 66.3. The van der Waals surface area contributed by atoms with Crippen molar-refractivity contribution < 1.29 is 28.6 Å². The molecule has 0 bridgehead atoms. The van der Waals surface area contributed by atoms with Gasteiger partial charge < -0.3 is 14.2 Å². The molecule has 83 heavy (non-hydrogen) atoms. The summed E-state index contributed by atoms with van der Waals surface area (Å²) < 4.78 is 16.9. The summed E-state index contributed by atoms with van der Waals surface area (Å²) in [6.45, 7) is 6.47. The van der Waals surface area contributed by atoms with Crippen LogP contribution in [-0.4, -0.2) is 37.2 Å². The summed E-state index contributed by atoms with van der Waals surface area (Å²) >= 11 is 0. The minimum absolute atomic E-state index is 0.0965. The molecule has 0 rings (SSSR count). The Bertz CT molecular complexity index is 1750. The lowest BCUT2D eigenvalue weighted by Crippen LogP contribution is -2.30. The van der Waals surface area contributed by atoms with Gasteiger partial charge in [-0.3, -0.25) is 14.4 Å². The van der Waals surface area contributed by atoms with E-state index in [-0.39, 0.29) is 31.1 Å². The van der Waals surface area contributed by atoms with Gasteiger partial charge in [-0.1, -0.05) is 315 Å². The van der Waals surface area contributed by atoms with Crippen molar-refractivity contribution in [3.8, 4) is 0 Å². The summed E-state index contributed by atoms with van der Waals surface area (Å²) in [7, 11) is 0. The summed E-state index contributed by atoms with van der Waals surface area (Å²) in [5.41, 5.74) is 0. The molecule has 6 nitrogen and oxygen atoms in total. The van der Waals surface area contributed by atoms with Crippen LogP contribution in [0.15, 0.2) is 134 Å². The Morgan fingerprint density at radius 3 is 0.807 bits per heavy atom. The summed E-state index contributed by atoms with van der Waals surface area (Å²) in [5, 5.41) is 0. The second-order valence-electron chi connectivity index (χ2n) is 22.7. The molecule has 0 N–H and O–H groups in total. The van der Waals surface area contributed by atoms with Gasteiger partial charge >= 0.3 is 17.9 Å². The van der Waals surface area contributed by atoms with Crippen LogP contribution in [0.5, 0.6) is 0 Å². The average molecular weight is 1150 g/mol. The second kappa shape index (κ2) is 70.0. The Morgan fingerprint density at radius 1 is 0.253 bits per heavy atom. The smallest absolute Gasteiger partial charge is 0.306 e. The van der Waals surface area contributed by atoms with Gasteiger partial charge in [-0.15, -0.1) is 0 Å². The standard InChI is InChI=1S/C77H128O6/c1-4-7-10-13-16-19-22-24-26-28-30-32-33-34-35-36-37-38-39-40-41-42-43-45-46-48-50-52-55-58-61-64-67-70-76(79)82-73-74(72-81-75(78)69-66-63-60-57-54-21-18-15-12-9-6-3)83-77(80)71-68-65-62-59-56-53-51-49-47-44-31-29-27-25-23-20-17-14-11-8-5-2/h7,10,15-16,18-19,24,26,30,32,34-35,37-38,40-41,43,45,48,50,55,58,74H,4-6,8-9,11-14,17,20-23,25,27-29,31,33,36,39,42,44,46-47,49,51-54,56-57,59-73H2,1-3H3/b10-7-,18-15-,19-16-,26-24-,32-30-,35-34-,38-37-,41-40-,45-43-,50-48-,58-55-. The van der Waals surface area contributed by atoms with E-state index in [2.05, 4.69) is 154 Å². The van der Waals surface area contributed by atoms with Crippen LogP contribution in [0.25, 0.3) is 0 Å². The fraction of sp³-hybridized carbons (Fsp3) is 0.675. The van der Waals surface area contributed by atoms with E-state index < -0.39 is 6.10 Å². The number of ether oxygens (including phenoxy) is 3. The molecule has 0 aromatic carbocycles. The monoisotopic (exact) mass is 1150 g/mol. The molecule has 1 atom stereocenters. The first-order valence-electron chi connectivity index (χ1n) is 34.7. The first-order chi connectivity index (χ1) is 41.0. The van der Waals surface area contributed by atoms with Gasteiger partial charge in [0.15, 0.2) is 6.10 Å². The van der Waals surface area contributed by atoms with E-state index in [0.717, 1.165) is 128 Å². The van der Waals surface area contributed by atoms with Crippen molar-refractivity contribution in [2.75, 3.05) is 13.2 Å². The fourth-order valence-electron chi connectivity index (χ4n) is 9.45. The largest absolute Gasteiger partial charge is 0.462 e. The summed E-state index contributed by atoms with van der Waals surface area (Å²) in [6, 6.07) is 0. The molecular weight excluding hydrogens is 1020 g/mol. The van der Waals surface area contributed by atoms with Crippen LogP contribution in [0.2, 0.25) is 0 Å². The number of esters is 3. The van der Waals surface area contributed by atoms with E-state index in [0.29, 0.717) is 25.7 Å². The summed E-state index contributed by atoms with van der Waals surface area (Å²) in [5.74, 6) is -0.943. The maximum atomic E-state index is 12.9. The van der Waals surface area contributed by atoms with E-state index >= 15 is 0 Å². The number of hydrogen-bond acceptors (Lipinski definition) is 6. The molecule has 0 aromatic rings. The Hall–Kier alpha value is -4.45. The van der Waals surface area contributed by atoms with Gasteiger partial charge in [0.05, 0.1) is 0 Å². The molecule has 0 aliphatic rings. The molecule has 6 heteroatoms. The molecule has 0 heterocycles. The number of allylic oxidation sites excluding steroid dienone is 22. The van der Waals surface area contributed by atoms with Crippen LogP contribution in [0, 0.1) is 0 Å². The SMILES string of the molecule is CC/C=C\C/C=C\C/C=C\C/C=C\C/C=C\C/C=C\C/C=C\C/C=C\C/C=C\C/C=C\CCCCC(=O)OCC(COC(=O)CCCCCCC/C=C\CCCC)OC(=O)CCCCCCCCCCCCCCCCCCCCCCC. The van der Waals surface area contributed by atoms with Crippen LogP contribution in [-0.2, 0) is 28.6 Å². The van der Waals surface area contributed by atoms with Crippen molar-refractivity contribution in [3.63, 3.8) is 0 Å². The number of carbonyl (C=O) groups is 3. The highest BCUT2D eigenvalue weighted by Crippen LogP contribution is 2.17. The zero-order valence-electron chi connectivity index (χ0n) is 54.2. The summed E-state index contributed by atoms with van der Waals surface area (Å²) in [4.78, 5) is 38.3. The zero-order chi connectivity index (χ0) is 59.9. The Morgan fingerprint density at radius 2 is 0.482 bits per heavy atom. The van der Waals surface area contributed by atoms with Gasteiger partial charge in [0, 0.05) is 19.3 Å². The van der Waals surface area contributed by atoms with Gasteiger partial charge in [0.1, 0.15) is 13.2 Å². The molecular formula is C77H128O6. The van der Waals surface area contributed by atoms with Crippen LogP contribution in [0.4, 0.5) is 0 Å². The number of hydrogen-bond donors (Lipinski definition) is 0. The molecule has 0 radical (unpaired) electrons. The maximum absolute atomic E-state index is 12.9. The van der Waals surface area contributed by atoms with Crippen molar-refractivity contribution in [2.24, 2.45) is 0 Å². The number of carbonyl (C=O) groups excluding carboxylic acids is 3. The van der Waals surface area contributed by atoms with Crippen molar-refractivity contribution in [1.82, 2.24) is 0 Å².